The lowest BCUT2D eigenvalue weighted by Crippen LogP contribution is -2.23. The van der Waals surface area contributed by atoms with E-state index in [-0.39, 0.29) is 12.1 Å². The van der Waals surface area contributed by atoms with Gasteiger partial charge in [0.2, 0.25) is 0 Å². The van der Waals surface area contributed by atoms with Crippen LogP contribution in [0.25, 0.3) is 0 Å². The number of rotatable bonds is 0. The Morgan fingerprint density at radius 1 is 1.57 bits per heavy atom. The van der Waals surface area contributed by atoms with E-state index in [4.69, 9.17) is 4.74 Å². The molecule has 0 amide bonds. The van der Waals surface area contributed by atoms with E-state index in [0.29, 0.717) is 10.9 Å². The maximum Gasteiger partial charge on any atom is 0.355 e. The molecule has 0 spiro atoms. The summed E-state index contributed by atoms with van der Waals surface area (Å²) in [5, 5.41) is 0.451. The molecule has 1 unspecified atom stereocenters. The Kier molecular flexibility index (Phi) is 1.83. The van der Waals surface area contributed by atoms with E-state index in [9.17, 15) is 4.79 Å². The van der Waals surface area contributed by atoms with Gasteiger partial charge in [0.15, 0.2) is 0 Å². The Morgan fingerprint density at radius 3 is 3.43 bits per heavy atom. The van der Waals surface area contributed by atoms with Crippen molar-refractivity contribution in [3.05, 3.63) is 24.0 Å². The van der Waals surface area contributed by atoms with E-state index in [1.165, 1.54) is 0 Å². The second-order valence-corrected chi connectivity index (χ2v) is 5.03. The molecule has 1 aromatic rings. The molecule has 0 radical (unpaired) electrons. The van der Waals surface area contributed by atoms with Crippen molar-refractivity contribution in [3.8, 4) is 0 Å². The Hall–Kier alpha value is -0.900. The van der Waals surface area contributed by atoms with Gasteiger partial charge < -0.3 is 9.30 Å². The van der Waals surface area contributed by atoms with E-state index in [0.717, 1.165) is 18.7 Å². The summed E-state index contributed by atoms with van der Waals surface area (Å²) in [6.45, 7) is 0.906. The Labute approximate surface area is 86.4 Å². The number of esters is 1. The van der Waals surface area contributed by atoms with Crippen LogP contribution in [-0.4, -0.2) is 27.6 Å². The molecule has 0 aromatic carbocycles. The van der Waals surface area contributed by atoms with E-state index >= 15 is 0 Å². The number of hydrogen-bond acceptors (Lipinski definition) is 3. The maximum absolute atomic E-state index is 11.7. The normalized spacial score (nSPS) is 30.4. The standard InChI is InChI=1S/C10H11NO2S/c12-10-7-2-1-4-11(7)6-9-8(13-10)3-5-14-9/h1-2,4,8-9H,3,5-6H2/t8?,9-/m0/s1. The average Bonchev–Trinajstić information content (AvgIpc) is 2.75. The van der Waals surface area contributed by atoms with Gasteiger partial charge in [-0.25, -0.2) is 4.79 Å². The molecule has 14 heavy (non-hydrogen) atoms. The molecule has 3 rings (SSSR count). The Bertz CT molecular complexity index is 374. The summed E-state index contributed by atoms with van der Waals surface area (Å²) in [7, 11) is 0. The summed E-state index contributed by atoms with van der Waals surface area (Å²) in [4.78, 5) is 11.7. The summed E-state index contributed by atoms with van der Waals surface area (Å²) in [6.07, 6.45) is 3.09. The average molecular weight is 209 g/mol. The number of hydrogen-bond donors (Lipinski definition) is 0. The van der Waals surface area contributed by atoms with Crippen molar-refractivity contribution in [1.29, 1.82) is 0 Å². The lowest BCUT2D eigenvalue weighted by atomic mass is 10.2. The minimum absolute atomic E-state index is 0.132. The zero-order valence-corrected chi connectivity index (χ0v) is 8.50. The fourth-order valence-corrected chi connectivity index (χ4v) is 3.43. The zero-order valence-electron chi connectivity index (χ0n) is 7.68. The summed E-state index contributed by atoms with van der Waals surface area (Å²) >= 11 is 1.91. The number of fused-ring (bicyclic) bond motifs is 2. The molecule has 4 heteroatoms. The molecule has 0 saturated carbocycles. The van der Waals surface area contributed by atoms with Gasteiger partial charge in [-0.05, 0) is 24.3 Å². The fraction of sp³-hybridized carbons (Fsp3) is 0.500. The first-order valence-electron chi connectivity index (χ1n) is 4.82. The van der Waals surface area contributed by atoms with Gasteiger partial charge in [-0.15, -0.1) is 0 Å². The highest BCUT2D eigenvalue weighted by Crippen LogP contribution is 2.33. The first-order chi connectivity index (χ1) is 6.84. The van der Waals surface area contributed by atoms with Crippen LogP contribution in [0, 0.1) is 0 Å². The van der Waals surface area contributed by atoms with Crippen molar-refractivity contribution in [3.63, 3.8) is 0 Å². The van der Waals surface area contributed by atoms with Crippen LogP contribution in [0.4, 0.5) is 0 Å². The predicted octanol–water partition coefficient (Wildman–Crippen LogP) is 1.53. The molecule has 1 aromatic heterocycles. The molecule has 0 aliphatic carbocycles. The molecule has 3 heterocycles. The summed E-state index contributed by atoms with van der Waals surface area (Å²) in [6, 6.07) is 3.73. The van der Waals surface area contributed by atoms with Crippen LogP contribution in [0.2, 0.25) is 0 Å². The van der Waals surface area contributed by atoms with E-state index in [2.05, 4.69) is 0 Å². The topological polar surface area (TPSA) is 31.2 Å². The molecule has 0 N–H and O–H groups in total. The van der Waals surface area contributed by atoms with Crippen LogP contribution in [0.1, 0.15) is 16.9 Å². The van der Waals surface area contributed by atoms with Crippen molar-refractivity contribution in [1.82, 2.24) is 4.57 Å². The van der Waals surface area contributed by atoms with Gasteiger partial charge in [0, 0.05) is 12.7 Å². The molecule has 1 fully saturated rings. The van der Waals surface area contributed by atoms with Crippen LogP contribution < -0.4 is 0 Å². The third kappa shape index (κ3) is 1.17. The largest absolute Gasteiger partial charge is 0.456 e. The number of carbonyl (C=O) groups is 1. The van der Waals surface area contributed by atoms with E-state index in [1.54, 1.807) is 0 Å². The van der Waals surface area contributed by atoms with Crippen LogP contribution in [-0.2, 0) is 11.3 Å². The van der Waals surface area contributed by atoms with Gasteiger partial charge in [-0.1, -0.05) is 0 Å². The van der Waals surface area contributed by atoms with E-state index < -0.39 is 0 Å². The molecule has 74 valence electrons. The number of carbonyl (C=O) groups excluding carboxylic acids is 1. The maximum atomic E-state index is 11.7. The van der Waals surface area contributed by atoms with Gasteiger partial charge in [-0.3, -0.25) is 0 Å². The fourth-order valence-electron chi connectivity index (χ4n) is 2.08. The van der Waals surface area contributed by atoms with Crippen LogP contribution in [0.3, 0.4) is 0 Å². The third-order valence-corrected chi connectivity index (χ3v) is 4.17. The molecule has 1 saturated heterocycles. The SMILES string of the molecule is O=C1OC2CCS[C@H]2Cn2cccc21. The minimum atomic E-state index is -0.162. The molecular formula is C10H11NO2S. The quantitative estimate of drug-likeness (QED) is 0.607. The van der Waals surface area contributed by atoms with Gasteiger partial charge in [0.1, 0.15) is 11.8 Å². The number of ether oxygens (including phenoxy) is 1. The van der Waals surface area contributed by atoms with Gasteiger partial charge in [0.25, 0.3) is 0 Å². The lowest BCUT2D eigenvalue weighted by molar-refractivity contribution is 0.0324. The van der Waals surface area contributed by atoms with Crippen molar-refractivity contribution in [2.24, 2.45) is 0 Å². The Morgan fingerprint density at radius 2 is 2.50 bits per heavy atom. The first kappa shape index (κ1) is 8.41. The van der Waals surface area contributed by atoms with Gasteiger partial charge in [0.05, 0.1) is 5.25 Å². The van der Waals surface area contributed by atoms with Crippen molar-refractivity contribution < 1.29 is 9.53 Å². The molecule has 3 nitrogen and oxygen atoms in total. The molecule has 2 aliphatic rings. The highest BCUT2D eigenvalue weighted by atomic mass is 32.2. The molecule has 2 atom stereocenters. The van der Waals surface area contributed by atoms with Crippen molar-refractivity contribution in [2.45, 2.75) is 24.3 Å². The second-order valence-electron chi connectivity index (χ2n) is 3.69. The molecular weight excluding hydrogens is 198 g/mol. The third-order valence-electron chi connectivity index (χ3n) is 2.82. The van der Waals surface area contributed by atoms with Crippen molar-refractivity contribution in [2.75, 3.05) is 5.75 Å². The Balaban J connectivity index is 1.99. The second kappa shape index (κ2) is 3.05. The van der Waals surface area contributed by atoms with E-state index in [1.807, 2.05) is 34.7 Å². The van der Waals surface area contributed by atoms with Crippen LogP contribution in [0.15, 0.2) is 18.3 Å². The summed E-state index contributed by atoms with van der Waals surface area (Å²) in [5.74, 6) is 0.948. The lowest BCUT2D eigenvalue weighted by Gasteiger charge is -2.14. The highest BCUT2D eigenvalue weighted by molar-refractivity contribution is 8.00. The predicted molar refractivity (Wildman–Crippen MR) is 54.5 cm³/mol. The number of aromatic nitrogens is 1. The van der Waals surface area contributed by atoms with Gasteiger partial charge >= 0.3 is 5.97 Å². The summed E-state index contributed by atoms with van der Waals surface area (Å²) in [5.41, 5.74) is 0.694. The summed E-state index contributed by atoms with van der Waals surface area (Å²) < 4.78 is 7.44. The first-order valence-corrected chi connectivity index (χ1v) is 5.87. The smallest absolute Gasteiger partial charge is 0.355 e. The van der Waals surface area contributed by atoms with Crippen molar-refractivity contribution >= 4 is 17.7 Å². The number of nitrogens with zero attached hydrogens (tertiary/aromatic N) is 1. The minimum Gasteiger partial charge on any atom is -0.456 e. The van der Waals surface area contributed by atoms with Crippen LogP contribution >= 0.6 is 11.8 Å². The highest BCUT2D eigenvalue weighted by Gasteiger charge is 2.35. The molecule has 2 aliphatic heterocycles. The monoisotopic (exact) mass is 209 g/mol. The molecule has 0 bridgehead atoms. The zero-order chi connectivity index (χ0) is 9.54. The van der Waals surface area contributed by atoms with Gasteiger partial charge in [-0.2, -0.15) is 11.8 Å². The number of thioether (sulfide) groups is 1. The van der Waals surface area contributed by atoms with Crippen LogP contribution in [0.5, 0.6) is 0 Å².